The van der Waals surface area contributed by atoms with Gasteiger partial charge in [0.1, 0.15) is 0 Å². The summed E-state index contributed by atoms with van der Waals surface area (Å²) in [5.74, 6) is 0.830. The van der Waals surface area contributed by atoms with Gasteiger partial charge in [-0.05, 0) is 57.5 Å². The van der Waals surface area contributed by atoms with E-state index in [4.69, 9.17) is 0 Å². The van der Waals surface area contributed by atoms with Crippen LogP contribution in [-0.4, -0.2) is 61.7 Å². The molecule has 1 N–H and O–H groups in total. The van der Waals surface area contributed by atoms with Gasteiger partial charge in [-0.2, -0.15) is 0 Å². The summed E-state index contributed by atoms with van der Waals surface area (Å²) >= 11 is 0. The van der Waals surface area contributed by atoms with Gasteiger partial charge in [-0.15, -0.1) is 0 Å². The average Bonchev–Trinajstić information content (AvgIpc) is 2.41. The molecule has 3 atom stereocenters. The molecular formula is C18H37N3. The lowest BCUT2D eigenvalue weighted by Gasteiger charge is -2.45. The maximum absolute atomic E-state index is 3.83. The van der Waals surface area contributed by atoms with Crippen LogP contribution in [0.5, 0.6) is 0 Å². The maximum Gasteiger partial charge on any atom is 0.0192 e. The molecule has 1 saturated heterocycles. The molecule has 1 saturated carbocycles. The molecule has 2 aliphatic rings. The van der Waals surface area contributed by atoms with E-state index in [-0.39, 0.29) is 0 Å². The van der Waals surface area contributed by atoms with Crippen molar-refractivity contribution in [3.8, 4) is 0 Å². The van der Waals surface area contributed by atoms with E-state index in [1.807, 2.05) is 0 Å². The van der Waals surface area contributed by atoms with Crippen LogP contribution in [0.4, 0.5) is 0 Å². The summed E-state index contributed by atoms with van der Waals surface area (Å²) in [7, 11) is 2.26. The zero-order valence-corrected chi connectivity index (χ0v) is 15.0. The zero-order chi connectivity index (χ0) is 15.5. The van der Waals surface area contributed by atoms with Crippen molar-refractivity contribution in [1.82, 2.24) is 15.1 Å². The van der Waals surface area contributed by atoms with Crippen molar-refractivity contribution in [2.75, 3.05) is 39.8 Å². The number of hydrogen-bond donors (Lipinski definition) is 1. The highest BCUT2D eigenvalue weighted by Gasteiger charge is 2.36. The van der Waals surface area contributed by atoms with E-state index in [1.54, 1.807) is 0 Å². The summed E-state index contributed by atoms with van der Waals surface area (Å²) in [6.07, 6.45) is 5.37. The lowest BCUT2D eigenvalue weighted by molar-refractivity contribution is 0.0564. The number of rotatable bonds is 5. The lowest BCUT2D eigenvalue weighted by Crippen LogP contribution is -2.54. The molecule has 3 nitrogen and oxygen atoms in total. The van der Waals surface area contributed by atoms with Gasteiger partial charge in [0.05, 0.1) is 0 Å². The third-order valence-electron chi connectivity index (χ3n) is 5.71. The second-order valence-corrected chi connectivity index (χ2v) is 8.32. The van der Waals surface area contributed by atoms with Crippen LogP contribution >= 0.6 is 0 Å². The van der Waals surface area contributed by atoms with Crippen LogP contribution in [0.25, 0.3) is 0 Å². The predicted octanol–water partition coefficient (Wildman–Crippen LogP) is 2.82. The normalized spacial score (nSPS) is 35.0. The Labute approximate surface area is 132 Å². The van der Waals surface area contributed by atoms with Gasteiger partial charge in [-0.3, -0.25) is 0 Å². The minimum atomic E-state index is 0.535. The van der Waals surface area contributed by atoms with Crippen molar-refractivity contribution in [2.24, 2.45) is 11.3 Å². The highest BCUT2D eigenvalue weighted by Crippen LogP contribution is 2.39. The van der Waals surface area contributed by atoms with Crippen molar-refractivity contribution < 1.29 is 0 Å². The van der Waals surface area contributed by atoms with Crippen LogP contribution in [0.1, 0.15) is 53.4 Å². The number of hydrogen-bond acceptors (Lipinski definition) is 3. The van der Waals surface area contributed by atoms with E-state index < -0.39 is 0 Å². The largest absolute Gasteiger partial charge is 0.314 e. The summed E-state index contributed by atoms with van der Waals surface area (Å²) in [4.78, 5) is 5.21. The van der Waals surface area contributed by atoms with E-state index in [9.17, 15) is 0 Å². The fourth-order valence-electron chi connectivity index (χ4n) is 4.15. The van der Waals surface area contributed by atoms with Gasteiger partial charge in [-0.1, -0.05) is 20.8 Å². The summed E-state index contributed by atoms with van der Waals surface area (Å²) in [5.41, 5.74) is 0.535. The molecule has 0 bridgehead atoms. The molecule has 3 heteroatoms. The molecule has 1 heterocycles. The predicted molar refractivity (Wildman–Crippen MR) is 91.7 cm³/mol. The average molecular weight is 296 g/mol. The minimum absolute atomic E-state index is 0.535. The monoisotopic (exact) mass is 295 g/mol. The Balaban J connectivity index is 1.92. The molecule has 3 unspecified atom stereocenters. The number of nitrogens with zero attached hydrogens (tertiary/aromatic N) is 2. The Morgan fingerprint density at radius 1 is 1.24 bits per heavy atom. The Bertz CT molecular complexity index is 316. The fraction of sp³-hybridized carbons (Fsp3) is 1.00. The number of nitrogens with one attached hydrogen (secondary N) is 1. The van der Waals surface area contributed by atoms with Crippen molar-refractivity contribution in [2.45, 2.75) is 65.5 Å². The smallest absolute Gasteiger partial charge is 0.0192 e. The van der Waals surface area contributed by atoms with Gasteiger partial charge in [-0.25, -0.2) is 0 Å². The molecule has 0 radical (unpaired) electrons. The standard InChI is InChI=1S/C18H37N3/c1-6-9-19-17-7-8-18(3,4)12-16(17)14-21-11-10-20(5)15(2)13-21/h15-17,19H,6-14H2,1-5H3. The Hall–Kier alpha value is -0.120. The number of piperazine rings is 1. The van der Waals surface area contributed by atoms with E-state index >= 15 is 0 Å². The van der Waals surface area contributed by atoms with Crippen molar-refractivity contribution in [3.63, 3.8) is 0 Å². The third kappa shape index (κ3) is 4.94. The Morgan fingerprint density at radius 3 is 2.67 bits per heavy atom. The fourth-order valence-corrected chi connectivity index (χ4v) is 4.15. The summed E-state index contributed by atoms with van der Waals surface area (Å²) < 4.78 is 0. The van der Waals surface area contributed by atoms with Gasteiger partial charge in [0, 0.05) is 38.3 Å². The van der Waals surface area contributed by atoms with Gasteiger partial charge in [0.15, 0.2) is 0 Å². The van der Waals surface area contributed by atoms with Crippen LogP contribution in [0, 0.1) is 11.3 Å². The molecule has 1 aliphatic heterocycles. The van der Waals surface area contributed by atoms with E-state index in [2.05, 4.69) is 49.9 Å². The summed E-state index contributed by atoms with van der Waals surface area (Å²) in [6.45, 7) is 15.8. The number of likely N-dealkylation sites (N-methyl/N-ethyl adjacent to an activating group) is 1. The molecule has 0 aromatic carbocycles. The Kier molecular flexibility index (Phi) is 6.10. The molecule has 0 aromatic heterocycles. The van der Waals surface area contributed by atoms with Crippen molar-refractivity contribution in [3.05, 3.63) is 0 Å². The van der Waals surface area contributed by atoms with Gasteiger partial charge < -0.3 is 15.1 Å². The second-order valence-electron chi connectivity index (χ2n) is 8.32. The van der Waals surface area contributed by atoms with Gasteiger partial charge in [0.2, 0.25) is 0 Å². The molecule has 2 fully saturated rings. The maximum atomic E-state index is 3.83. The summed E-state index contributed by atoms with van der Waals surface area (Å²) in [6, 6.07) is 1.45. The van der Waals surface area contributed by atoms with E-state index in [0.717, 1.165) is 12.0 Å². The molecular weight excluding hydrogens is 258 g/mol. The van der Waals surface area contributed by atoms with E-state index in [0.29, 0.717) is 11.5 Å². The first-order valence-corrected chi connectivity index (χ1v) is 9.07. The van der Waals surface area contributed by atoms with Gasteiger partial charge in [0.25, 0.3) is 0 Å². The lowest BCUT2D eigenvalue weighted by atomic mass is 9.69. The topological polar surface area (TPSA) is 18.5 Å². The molecule has 0 spiro atoms. The van der Waals surface area contributed by atoms with Crippen molar-refractivity contribution >= 4 is 0 Å². The van der Waals surface area contributed by atoms with Crippen LogP contribution in [0.3, 0.4) is 0 Å². The van der Waals surface area contributed by atoms with Crippen LogP contribution < -0.4 is 5.32 Å². The first-order valence-electron chi connectivity index (χ1n) is 9.07. The molecule has 124 valence electrons. The summed E-state index contributed by atoms with van der Waals surface area (Å²) in [5, 5.41) is 3.83. The van der Waals surface area contributed by atoms with Crippen LogP contribution in [0.2, 0.25) is 0 Å². The SMILES string of the molecule is CCCNC1CCC(C)(C)CC1CN1CCN(C)C(C)C1. The van der Waals surface area contributed by atoms with Crippen molar-refractivity contribution in [1.29, 1.82) is 0 Å². The van der Waals surface area contributed by atoms with Gasteiger partial charge >= 0.3 is 0 Å². The second kappa shape index (κ2) is 7.43. The van der Waals surface area contributed by atoms with Crippen LogP contribution in [-0.2, 0) is 0 Å². The molecule has 1 aliphatic carbocycles. The Morgan fingerprint density at radius 2 is 2.00 bits per heavy atom. The molecule has 0 aromatic rings. The molecule has 21 heavy (non-hydrogen) atoms. The van der Waals surface area contributed by atoms with Crippen LogP contribution in [0.15, 0.2) is 0 Å². The molecule has 0 amide bonds. The zero-order valence-electron chi connectivity index (χ0n) is 15.0. The third-order valence-corrected chi connectivity index (χ3v) is 5.71. The first-order chi connectivity index (χ1) is 9.91. The first kappa shape index (κ1) is 17.2. The quantitative estimate of drug-likeness (QED) is 0.841. The highest BCUT2D eigenvalue weighted by molar-refractivity contribution is 4.91. The van der Waals surface area contributed by atoms with E-state index in [1.165, 1.54) is 58.4 Å². The molecule has 2 rings (SSSR count). The highest BCUT2D eigenvalue weighted by atomic mass is 15.3. The minimum Gasteiger partial charge on any atom is -0.314 e.